The van der Waals surface area contributed by atoms with Crippen LogP contribution in [0.15, 0.2) is 18.2 Å². The third-order valence-corrected chi connectivity index (χ3v) is 5.47. The maximum absolute atomic E-state index is 12.6. The molecule has 1 aromatic rings. The highest BCUT2D eigenvalue weighted by molar-refractivity contribution is 5.94. The number of nitrogens with one attached hydrogen (secondary N) is 1. The molecule has 0 atom stereocenters. The number of morpholine rings is 1. The fourth-order valence-electron chi connectivity index (χ4n) is 3.84. The third-order valence-electron chi connectivity index (χ3n) is 5.47. The molecule has 2 fully saturated rings. The van der Waals surface area contributed by atoms with Crippen molar-refractivity contribution in [2.45, 2.75) is 12.8 Å². The second-order valence-electron chi connectivity index (χ2n) is 7.25. The van der Waals surface area contributed by atoms with E-state index in [9.17, 15) is 4.79 Å². The van der Waals surface area contributed by atoms with Gasteiger partial charge in [-0.05, 0) is 31.0 Å². The topological polar surface area (TPSA) is 69.3 Å². The lowest BCUT2D eigenvalue weighted by atomic mass is 9.79. The minimum absolute atomic E-state index is 0.0571. The van der Waals surface area contributed by atoms with Crippen molar-refractivity contribution in [3.05, 3.63) is 23.8 Å². The van der Waals surface area contributed by atoms with Crippen molar-refractivity contribution >= 4 is 5.91 Å². The van der Waals surface area contributed by atoms with E-state index >= 15 is 0 Å². The number of fused-ring (bicyclic) bond motifs is 1. The highest BCUT2D eigenvalue weighted by atomic mass is 16.7. The van der Waals surface area contributed by atoms with Gasteiger partial charge >= 0.3 is 0 Å². The van der Waals surface area contributed by atoms with Crippen molar-refractivity contribution in [1.82, 2.24) is 10.2 Å². The normalized spacial score (nSPS) is 22.2. The quantitative estimate of drug-likeness (QED) is 0.851. The number of hydrogen-bond acceptors (Lipinski definition) is 6. The second kappa shape index (κ2) is 7.82. The summed E-state index contributed by atoms with van der Waals surface area (Å²) < 4.78 is 21.7. The average molecular weight is 362 g/mol. The number of benzene rings is 1. The van der Waals surface area contributed by atoms with Crippen LogP contribution in [-0.2, 0) is 9.47 Å². The van der Waals surface area contributed by atoms with Crippen LogP contribution in [0.25, 0.3) is 0 Å². The van der Waals surface area contributed by atoms with Crippen LogP contribution in [0.3, 0.4) is 0 Å². The molecule has 0 radical (unpaired) electrons. The van der Waals surface area contributed by atoms with Gasteiger partial charge in [0.1, 0.15) is 0 Å². The van der Waals surface area contributed by atoms with Crippen molar-refractivity contribution in [3.63, 3.8) is 0 Å². The smallest absolute Gasteiger partial charge is 0.251 e. The zero-order valence-electron chi connectivity index (χ0n) is 15.0. The first kappa shape index (κ1) is 17.6. The molecule has 3 aliphatic rings. The van der Waals surface area contributed by atoms with E-state index < -0.39 is 0 Å². The highest BCUT2D eigenvalue weighted by Gasteiger charge is 2.35. The molecule has 0 saturated carbocycles. The van der Waals surface area contributed by atoms with E-state index in [1.807, 2.05) is 0 Å². The predicted octanol–water partition coefficient (Wildman–Crippen LogP) is 1.27. The van der Waals surface area contributed by atoms with Crippen LogP contribution in [0, 0.1) is 5.41 Å². The molecular formula is C19H26N2O5. The molecule has 7 heteroatoms. The van der Waals surface area contributed by atoms with Gasteiger partial charge in [-0.15, -0.1) is 0 Å². The largest absolute Gasteiger partial charge is 0.454 e. The molecule has 1 aromatic carbocycles. The molecule has 0 aromatic heterocycles. The molecule has 0 aliphatic carbocycles. The minimum atomic E-state index is -0.0730. The Morgan fingerprint density at radius 1 is 1.04 bits per heavy atom. The lowest BCUT2D eigenvalue weighted by molar-refractivity contribution is -0.0283. The number of carbonyl (C=O) groups excluding carboxylic acids is 1. The van der Waals surface area contributed by atoms with E-state index in [-0.39, 0.29) is 18.1 Å². The summed E-state index contributed by atoms with van der Waals surface area (Å²) in [4.78, 5) is 15.1. The fraction of sp³-hybridized carbons (Fsp3) is 0.632. The SMILES string of the molecule is O=C(NCC1(CN2CCOCC2)CCOCC1)c1ccc2c(c1)OCO2. The molecule has 1 N–H and O–H groups in total. The van der Waals surface area contributed by atoms with Crippen LogP contribution in [0.1, 0.15) is 23.2 Å². The number of rotatable bonds is 5. The molecule has 3 aliphatic heterocycles. The Morgan fingerprint density at radius 3 is 2.58 bits per heavy atom. The standard InChI is InChI=1S/C19H26N2O5/c22-18(15-1-2-16-17(11-15)26-14-25-16)20-12-19(3-7-23-8-4-19)13-21-5-9-24-10-6-21/h1-2,11H,3-10,12-14H2,(H,20,22). The first-order valence-corrected chi connectivity index (χ1v) is 9.30. The molecule has 0 bridgehead atoms. The minimum Gasteiger partial charge on any atom is -0.454 e. The summed E-state index contributed by atoms with van der Waals surface area (Å²) in [6.07, 6.45) is 1.93. The molecule has 2 saturated heterocycles. The summed E-state index contributed by atoms with van der Waals surface area (Å²) >= 11 is 0. The van der Waals surface area contributed by atoms with Gasteiger partial charge in [-0.2, -0.15) is 0 Å². The molecule has 26 heavy (non-hydrogen) atoms. The van der Waals surface area contributed by atoms with Gasteiger partial charge in [0.2, 0.25) is 6.79 Å². The predicted molar refractivity (Wildman–Crippen MR) is 94.6 cm³/mol. The highest BCUT2D eigenvalue weighted by Crippen LogP contribution is 2.33. The Labute approximate surface area is 153 Å². The van der Waals surface area contributed by atoms with Crippen molar-refractivity contribution in [1.29, 1.82) is 0 Å². The summed E-state index contributed by atoms with van der Waals surface area (Å²) in [6.45, 7) is 6.84. The number of amides is 1. The molecule has 7 nitrogen and oxygen atoms in total. The third kappa shape index (κ3) is 3.95. The molecule has 0 unspecified atom stereocenters. The maximum Gasteiger partial charge on any atom is 0.251 e. The average Bonchev–Trinajstić information content (AvgIpc) is 3.15. The Hall–Kier alpha value is -1.83. The zero-order chi connectivity index (χ0) is 17.8. The maximum atomic E-state index is 12.6. The van der Waals surface area contributed by atoms with E-state index in [2.05, 4.69) is 10.2 Å². The van der Waals surface area contributed by atoms with Crippen LogP contribution in [0.2, 0.25) is 0 Å². The summed E-state index contributed by atoms with van der Waals surface area (Å²) in [5, 5.41) is 3.14. The van der Waals surface area contributed by atoms with Gasteiger partial charge in [0, 0.05) is 50.4 Å². The molecule has 3 heterocycles. The van der Waals surface area contributed by atoms with Crippen molar-refractivity contribution in [2.24, 2.45) is 5.41 Å². The zero-order valence-corrected chi connectivity index (χ0v) is 15.0. The number of ether oxygens (including phenoxy) is 4. The van der Waals surface area contributed by atoms with Gasteiger partial charge in [0.25, 0.3) is 5.91 Å². The van der Waals surface area contributed by atoms with Crippen LogP contribution in [0.4, 0.5) is 0 Å². The van der Waals surface area contributed by atoms with Crippen LogP contribution in [-0.4, -0.2) is 70.2 Å². The van der Waals surface area contributed by atoms with Gasteiger partial charge in [-0.1, -0.05) is 0 Å². The van der Waals surface area contributed by atoms with Gasteiger partial charge in [0.15, 0.2) is 11.5 Å². The van der Waals surface area contributed by atoms with Gasteiger partial charge in [0.05, 0.1) is 13.2 Å². The van der Waals surface area contributed by atoms with E-state index in [0.717, 1.165) is 58.9 Å². The van der Waals surface area contributed by atoms with Gasteiger partial charge in [-0.25, -0.2) is 0 Å². The van der Waals surface area contributed by atoms with E-state index in [1.165, 1.54) is 0 Å². The lowest BCUT2D eigenvalue weighted by Gasteiger charge is -2.42. The summed E-state index contributed by atoms with van der Waals surface area (Å²) in [5.74, 6) is 1.25. The van der Waals surface area contributed by atoms with Crippen molar-refractivity contribution < 1.29 is 23.7 Å². The number of carbonyl (C=O) groups is 1. The van der Waals surface area contributed by atoms with Gasteiger partial charge in [-0.3, -0.25) is 9.69 Å². The Kier molecular flexibility index (Phi) is 5.28. The Morgan fingerprint density at radius 2 is 1.77 bits per heavy atom. The second-order valence-corrected chi connectivity index (χ2v) is 7.25. The van der Waals surface area contributed by atoms with Gasteiger partial charge < -0.3 is 24.3 Å². The van der Waals surface area contributed by atoms with Crippen LogP contribution < -0.4 is 14.8 Å². The first-order valence-electron chi connectivity index (χ1n) is 9.30. The van der Waals surface area contributed by atoms with E-state index in [1.54, 1.807) is 18.2 Å². The summed E-state index contributed by atoms with van der Waals surface area (Å²) in [5.41, 5.74) is 0.657. The van der Waals surface area contributed by atoms with Crippen molar-refractivity contribution in [2.75, 3.05) is 59.4 Å². The Balaban J connectivity index is 1.40. The molecule has 1 amide bonds. The van der Waals surface area contributed by atoms with E-state index in [4.69, 9.17) is 18.9 Å². The van der Waals surface area contributed by atoms with E-state index in [0.29, 0.717) is 23.6 Å². The monoisotopic (exact) mass is 362 g/mol. The first-order chi connectivity index (χ1) is 12.7. The summed E-state index contributed by atoms with van der Waals surface area (Å²) in [7, 11) is 0. The molecule has 0 spiro atoms. The lowest BCUT2D eigenvalue weighted by Crippen LogP contribution is -2.50. The molecular weight excluding hydrogens is 336 g/mol. The number of hydrogen-bond donors (Lipinski definition) is 1. The molecule has 142 valence electrons. The molecule has 4 rings (SSSR count). The van der Waals surface area contributed by atoms with Crippen LogP contribution in [0.5, 0.6) is 11.5 Å². The fourth-order valence-corrected chi connectivity index (χ4v) is 3.84. The Bertz CT molecular complexity index is 639. The summed E-state index contributed by atoms with van der Waals surface area (Å²) in [6, 6.07) is 5.31. The number of nitrogens with zero attached hydrogens (tertiary/aromatic N) is 1. The van der Waals surface area contributed by atoms with Crippen molar-refractivity contribution in [3.8, 4) is 11.5 Å². The van der Waals surface area contributed by atoms with Crippen LogP contribution >= 0.6 is 0 Å².